The predicted molar refractivity (Wildman–Crippen MR) is 118 cm³/mol. The molecule has 144 valence electrons. The number of rotatable bonds is 7. The highest BCUT2D eigenvalue weighted by molar-refractivity contribution is 9.10. The van der Waals surface area contributed by atoms with Gasteiger partial charge in [-0.1, -0.05) is 35.9 Å². The van der Waals surface area contributed by atoms with Crippen LogP contribution in [-0.2, 0) is 11.3 Å². The fraction of sp³-hybridized carbons (Fsp3) is 0.136. The Kier molecular flexibility index (Phi) is 6.95. The number of anilines is 2. The molecule has 0 saturated carbocycles. The van der Waals surface area contributed by atoms with E-state index in [9.17, 15) is 4.79 Å². The number of amides is 1. The van der Waals surface area contributed by atoms with Crippen LogP contribution in [0.15, 0.2) is 71.2 Å². The van der Waals surface area contributed by atoms with Gasteiger partial charge in [-0.3, -0.25) is 4.79 Å². The zero-order chi connectivity index (χ0) is 19.9. The predicted octanol–water partition coefficient (Wildman–Crippen LogP) is 6.04. The van der Waals surface area contributed by atoms with Crippen molar-refractivity contribution in [3.8, 4) is 5.75 Å². The van der Waals surface area contributed by atoms with Gasteiger partial charge in [-0.05, 0) is 76.4 Å². The van der Waals surface area contributed by atoms with Crippen LogP contribution in [-0.4, -0.2) is 12.5 Å². The van der Waals surface area contributed by atoms with E-state index in [0.717, 1.165) is 27.0 Å². The van der Waals surface area contributed by atoms with Crippen LogP contribution in [0.1, 0.15) is 11.1 Å². The molecule has 0 heterocycles. The maximum Gasteiger partial charge on any atom is 0.262 e. The number of carbonyl (C=O) groups is 1. The van der Waals surface area contributed by atoms with E-state index >= 15 is 0 Å². The summed E-state index contributed by atoms with van der Waals surface area (Å²) in [4.78, 5) is 12.1. The van der Waals surface area contributed by atoms with E-state index in [2.05, 4.69) is 26.6 Å². The van der Waals surface area contributed by atoms with Crippen LogP contribution >= 0.6 is 27.5 Å². The molecule has 0 bridgehead atoms. The number of ether oxygens (including phenoxy) is 1. The third-order valence-electron chi connectivity index (χ3n) is 4.12. The van der Waals surface area contributed by atoms with Gasteiger partial charge >= 0.3 is 0 Å². The Bertz CT molecular complexity index is 961. The molecule has 0 aromatic heterocycles. The van der Waals surface area contributed by atoms with Gasteiger partial charge in [-0.25, -0.2) is 0 Å². The number of hydrogen-bond acceptors (Lipinski definition) is 3. The van der Waals surface area contributed by atoms with Crippen molar-refractivity contribution in [2.45, 2.75) is 13.5 Å². The normalized spacial score (nSPS) is 10.4. The third kappa shape index (κ3) is 5.75. The maximum absolute atomic E-state index is 12.1. The van der Waals surface area contributed by atoms with Gasteiger partial charge in [0.25, 0.3) is 5.91 Å². The molecule has 4 nitrogen and oxygen atoms in total. The summed E-state index contributed by atoms with van der Waals surface area (Å²) in [6.07, 6.45) is 0. The number of halogens is 2. The summed E-state index contributed by atoms with van der Waals surface area (Å²) in [5.41, 5.74) is 3.88. The molecule has 28 heavy (non-hydrogen) atoms. The lowest BCUT2D eigenvalue weighted by atomic mass is 10.2. The molecule has 3 aromatic carbocycles. The number of nitrogens with one attached hydrogen (secondary N) is 2. The highest BCUT2D eigenvalue weighted by Crippen LogP contribution is 2.26. The molecular formula is C22H20BrClN2O2. The lowest BCUT2D eigenvalue weighted by Crippen LogP contribution is -2.20. The smallest absolute Gasteiger partial charge is 0.262 e. The van der Waals surface area contributed by atoms with E-state index in [1.54, 1.807) is 0 Å². The van der Waals surface area contributed by atoms with Crippen LogP contribution in [0.5, 0.6) is 5.75 Å². The average Bonchev–Trinajstić information content (AvgIpc) is 2.68. The van der Waals surface area contributed by atoms with E-state index in [4.69, 9.17) is 16.3 Å². The highest BCUT2D eigenvalue weighted by Gasteiger charge is 2.08. The summed E-state index contributed by atoms with van der Waals surface area (Å²) in [5.74, 6) is 0.421. The van der Waals surface area contributed by atoms with Gasteiger partial charge in [0.05, 0.1) is 4.47 Å². The number of carbonyl (C=O) groups excluding carboxylic acids is 1. The molecule has 0 fully saturated rings. The fourth-order valence-electron chi connectivity index (χ4n) is 2.59. The third-order valence-corrected chi connectivity index (χ3v) is 4.99. The molecule has 6 heteroatoms. The van der Waals surface area contributed by atoms with Gasteiger partial charge in [0.15, 0.2) is 6.61 Å². The Morgan fingerprint density at radius 2 is 1.82 bits per heavy atom. The van der Waals surface area contributed by atoms with E-state index in [-0.39, 0.29) is 12.5 Å². The molecule has 0 aliphatic carbocycles. The minimum Gasteiger partial charge on any atom is -0.483 e. The van der Waals surface area contributed by atoms with Crippen LogP contribution in [0.25, 0.3) is 0 Å². The number of para-hydroxylation sites is 1. The van der Waals surface area contributed by atoms with Crippen molar-refractivity contribution >= 4 is 44.8 Å². The van der Waals surface area contributed by atoms with Gasteiger partial charge in [-0.2, -0.15) is 0 Å². The summed E-state index contributed by atoms with van der Waals surface area (Å²) in [6.45, 7) is 2.55. The molecule has 0 saturated heterocycles. The van der Waals surface area contributed by atoms with E-state index in [0.29, 0.717) is 17.3 Å². The van der Waals surface area contributed by atoms with Gasteiger partial charge < -0.3 is 15.4 Å². The Morgan fingerprint density at radius 1 is 1.07 bits per heavy atom. The zero-order valence-electron chi connectivity index (χ0n) is 15.3. The minimum atomic E-state index is -0.199. The SMILES string of the molecule is Cc1ccccc1NC(=O)COc1ccc(CNc2ccc(Cl)cc2)cc1Br. The lowest BCUT2D eigenvalue weighted by molar-refractivity contribution is -0.118. The van der Waals surface area contributed by atoms with Crippen LogP contribution in [0.3, 0.4) is 0 Å². The molecule has 0 atom stereocenters. The first-order chi connectivity index (χ1) is 13.5. The van der Waals surface area contributed by atoms with Crippen molar-refractivity contribution in [1.82, 2.24) is 0 Å². The topological polar surface area (TPSA) is 50.4 Å². The van der Waals surface area contributed by atoms with Crippen molar-refractivity contribution in [3.63, 3.8) is 0 Å². The molecule has 3 aromatic rings. The van der Waals surface area contributed by atoms with Crippen LogP contribution in [0.4, 0.5) is 11.4 Å². The molecule has 1 amide bonds. The summed E-state index contributed by atoms with van der Waals surface area (Å²) in [7, 11) is 0. The van der Waals surface area contributed by atoms with E-state index < -0.39 is 0 Å². The first-order valence-electron chi connectivity index (χ1n) is 8.77. The number of aryl methyl sites for hydroxylation is 1. The first kappa shape index (κ1) is 20.2. The quantitative estimate of drug-likeness (QED) is 0.453. The van der Waals surface area contributed by atoms with Crippen molar-refractivity contribution in [3.05, 3.63) is 87.4 Å². The molecule has 0 aliphatic heterocycles. The molecule has 3 rings (SSSR count). The fourth-order valence-corrected chi connectivity index (χ4v) is 3.25. The highest BCUT2D eigenvalue weighted by atomic mass is 79.9. The molecule has 0 spiro atoms. The van der Waals surface area contributed by atoms with Gasteiger partial charge in [-0.15, -0.1) is 0 Å². The molecule has 0 unspecified atom stereocenters. The second-order valence-electron chi connectivity index (χ2n) is 6.28. The van der Waals surface area contributed by atoms with Gasteiger partial charge in [0, 0.05) is 22.9 Å². The molecule has 2 N–H and O–H groups in total. The summed E-state index contributed by atoms with van der Waals surface area (Å²) >= 11 is 9.41. The van der Waals surface area contributed by atoms with E-state index in [1.807, 2.05) is 73.7 Å². The van der Waals surface area contributed by atoms with Gasteiger partial charge in [0.1, 0.15) is 5.75 Å². The second kappa shape index (κ2) is 9.62. The summed E-state index contributed by atoms with van der Waals surface area (Å²) < 4.78 is 6.45. The summed E-state index contributed by atoms with van der Waals surface area (Å²) in [6, 6.07) is 21.0. The second-order valence-corrected chi connectivity index (χ2v) is 7.57. The number of benzene rings is 3. The Morgan fingerprint density at radius 3 is 2.54 bits per heavy atom. The Labute approximate surface area is 178 Å². The molecular weight excluding hydrogens is 440 g/mol. The first-order valence-corrected chi connectivity index (χ1v) is 9.94. The molecule has 0 aliphatic rings. The maximum atomic E-state index is 12.1. The van der Waals surface area contributed by atoms with Crippen molar-refractivity contribution in [2.75, 3.05) is 17.2 Å². The van der Waals surface area contributed by atoms with Crippen molar-refractivity contribution < 1.29 is 9.53 Å². The largest absolute Gasteiger partial charge is 0.483 e. The van der Waals surface area contributed by atoms with Crippen molar-refractivity contribution in [1.29, 1.82) is 0 Å². The lowest BCUT2D eigenvalue weighted by Gasteiger charge is -2.12. The number of hydrogen-bond donors (Lipinski definition) is 2. The zero-order valence-corrected chi connectivity index (χ0v) is 17.7. The van der Waals surface area contributed by atoms with Gasteiger partial charge in [0.2, 0.25) is 0 Å². The summed E-state index contributed by atoms with van der Waals surface area (Å²) in [5, 5.41) is 6.90. The van der Waals surface area contributed by atoms with Crippen LogP contribution in [0.2, 0.25) is 5.02 Å². The standard InChI is InChI=1S/C22H20BrClN2O2/c1-15-4-2-3-5-20(15)26-22(27)14-28-21-11-6-16(12-19(21)23)13-25-18-9-7-17(24)8-10-18/h2-12,25H,13-14H2,1H3,(H,26,27). The average molecular weight is 460 g/mol. The van der Waals surface area contributed by atoms with E-state index in [1.165, 1.54) is 0 Å². The van der Waals surface area contributed by atoms with Crippen LogP contribution < -0.4 is 15.4 Å². The van der Waals surface area contributed by atoms with Crippen molar-refractivity contribution in [2.24, 2.45) is 0 Å². The monoisotopic (exact) mass is 458 g/mol. The molecule has 0 radical (unpaired) electrons. The minimum absolute atomic E-state index is 0.0602. The Hall–Kier alpha value is -2.50. The Balaban J connectivity index is 1.53. The van der Waals surface area contributed by atoms with Crippen LogP contribution in [0, 0.1) is 6.92 Å².